The van der Waals surface area contributed by atoms with E-state index in [0.29, 0.717) is 11.7 Å². The van der Waals surface area contributed by atoms with E-state index in [2.05, 4.69) is 34.0 Å². The lowest BCUT2D eigenvalue weighted by atomic mass is 10.1. The smallest absolute Gasteiger partial charge is 0.156 e. The van der Waals surface area contributed by atoms with Crippen LogP contribution in [0.5, 0.6) is 0 Å². The monoisotopic (exact) mass is 503 g/mol. The molecule has 1 saturated heterocycles. The zero-order valence-corrected chi connectivity index (χ0v) is 21.3. The van der Waals surface area contributed by atoms with Crippen molar-refractivity contribution in [2.75, 3.05) is 31.1 Å². The molecule has 1 aliphatic rings. The molecule has 0 radical (unpaired) electrons. The van der Waals surface area contributed by atoms with Crippen LogP contribution in [-0.2, 0) is 15.6 Å². The third-order valence-corrected chi connectivity index (χ3v) is 8.65. The van der Waals surface area contributed by atoms with Crippen molar-refractivity contribution in [2.24, 2.45) is 0 Å². The maximum atomic E-state index is 15.2. The number of rotatable bonds is 7. The summed E-state index contributed by atoms with van der Waals surface area (Å²) in [7, 11) is -3.56. The Bertz CT molecular complexity index is 1300. The van der Waals surface area contributed by atoms with Gasteiger partial charge >= 0.3 is 0 Å². The molecule has 0 bridgehead atoms. The van der Waals surface area contributed by atoms with Gasteiger partial charge in [-0.05, 0) is 45.9 Å². The van der Waals surface area contributed by atoms with Crippen molar-refractivity contribution in [3.05, 3.63) is 59.8 Å². The van der Waals surface area contributed by atoms with Gasteiger partial charge in [0.05, 0.1) is 17.2 Å². The molecule has 4 rings (SSSR count). The molecule has 0 spiro atoms. The van der Waals surface area contributed by atoms with E-state index in [1.54, 1.807) is 0 Å². The third-order valence-electron chi connectivity index (χ3n) is 6.50. The molecule has 0 saturated carbocycles. The van der Waals surface area contributed by atoms with Crippen LogP contribution in [0.4, 0.5) is 14.5 Å². The van der Waals surface area contributed by atoms with Crippen LogP contribution in [0.25, 0.3) is 16.9 Å². The normalized spacial score (nSPS) is 15.4. The van der Waals surface area contributed by atoms with Gasteiger partial charge in [-0.2, -0.15) is 0 Å². The Morgan fingerprint density at radius 3 is 2.37 bits per heavy atom. The summed E-state index contributed by atoms with van der Waals surface area (Å²) in [6.45, 7) is 11.3. The Kier molecular flexibility index (Phi) is 7.23. The van der Waals surface area contributed by atoms with Crippen molar-refractivity contribution >= 4 is 15.5 Å². The van der Waals surface area contributed by atoms with Crippen LogP contribution >= 0.6 is 0 Å². The largest absolute Gasteiger partial charge is 0.369 e. The van der Waals surface area contributed by atoms with Crippen LogP contribution in [-0.4, -0.2) is 65.8 Å². The summed E-state index contributed by atoms with van der Waals surface area (Å²) in [6.07, 6.45) is 1.46. The predicted molar refractivity (Wildman–Crippen MR) is 133 cm³/mol. The van der Waals surface area contributed by atoms with E-state index in [4.69, 9.17) is 0 Å². The second-order valence-corrected chi connectivity index (χ2v) is 12.0. The number of nitrogens with zero attached hydrogens (tertiary/aromatic N) is 5. The highest BCUT2D eigenvalue weighted by atomic mass is 32.2. The molecule has 1 fully saturated rings. The topological polar surface area (TPSA) is 71.3 Å². The molecule has 0 atom stereocenters. The van der Waals surface area contributed by atoms with Crippen LogP contribution in [0, 0.1) is 11.6 Å². The molecule has 2 aromatic carbocycles. The first-order chi connectivity index (χ1) is 16.6. The van der Waals surface area contributed by atoms with E-state index in [1.807, 2.05) is 24.3 Å². The molecule has 0 aliphatic carbocycles. The quantitative estimate of drug-likeness (QED) is 0.484. The molecular formula is C25H31F2N5O2S. The molecule has 10 heteroatoms. The van der Waals surface area contributed by atoms with E-state index in [9.17, 15) is 12.8 Å². The maximum Gasteiger partial charge on any atom is 0.156 e. The fourth-order valence-corrected chi connectivity index (χ4v) is 5.14. The van der Waals surface area contributed by atoms with Gasteiger partial charge in [-0.3, -0.25) is 4.90 Å². The van der Waals surface area contributed by atoms with Crippen molar-refractivity contribution in [3.8, 4) is 16.9 Å². The van der Waals surface area contributed by atoms with Gasteiger partial charge in [0.1, 0.15) is 11.4 Å². The number of aromatic nitrogens is 3. The van der Waals surface area contributed by atoms with Gasteiger partial charge < -0.3 is 4.90 Å². The number of hydrogen-bond donors (Lipinski definition) is 0. The number of piperazine rings is 1. The Labute approximate surface area is 205 Å². The second-order valence-electron chi connectivity index (χ2n) is 9.44. The van der Waals surface area contributed by atoms with E-state index in [-0.39, 0.29) is 5.56 Å². The van der Waals surface area contributed by atoms with Crippen molar-refractivity contribution in [2.45, 2.75) is 44.7 Å². The molecule has 1 aromatic heterocycles. The number of anilines is 1. The lowest BCUT2D eigenvalue weighted by molar-refractivity contribution is 0.209. The minimum Gasteiger partial charge on any atom is -0.369 e. The summed E-state index contributed by atoms with van der Waals surface area (Å²) < 4.78 is 55.4. The molecule has 35 heavy (non-hydrogen) atoms. The first-order valence-corrected chi connectivity index (χ1v) is 13.5. The van der Waals surface area contributed by atoms with E-state index >= 15 is 4.39 Å². The van der Waals surface area contributed by atoms with Crippen LogP contribution in [0.1, 0.15) is 33.3 Å². The lowest BCUT2D eigenvalue weighted by Gasteiger charge is -2.38. The summed E-state index contributed by atoms with van der Waals surface area (Å²) >= 11 is 0. The lowest BCUT2D eigenvalue weighted by Crippen LogP contribution is -2.48. The van der Waals surface area contributed by atoms with Gasteiger partial charge in [0.2, 0.25) is 0 Å². The third kappa shape index (κ3) is 5.38. The summed E-state index contributed by atoms with van der Waals surface area (Å²) in [6, 6.07) is 10.6. The predicted octanol–water partition coefficient (Wildman–Crippen LogP) is 4.07. The van der Waals surface area contributed by atoms with Gasteiger partial charge in [0, 0.05) is 49.0 Å². The summed E-state index contributed by atoms with van der Waals surface area (Å²) in [5.41, 5.74) is 1.75. The minimum atomic E-state index is -3.56. The van der Waals surface area contributed by atoms with Crippen LogP contribution in [0.2, 0.25) is 0 Å². The second kappa shape index (κ2) is 10.0. The number of halogens is 2. The fourth-order valence-electron chi connectivity index (χ4n) is 4.15. The summed E-state index contributed by atoms with van der Waals surface area (Å²) in [5, 5.41) is 7.41. The molecule has 1 aliphatic heterocycles. The zero-order chi connectivity index (χ0) is 25.3. The molecule has 0 unspecified atom stereocenters. The van der Waals surface area contributed by atoms with Gasteiger partial charge in [-0.25, -0.2) is 21.9 Å². The van der Waals surface area contributed by atoms with Crippen LogP contribution in [0.15, 0.2) is 42.6 Å². The van der Waals surface area contributed by atoms with Crippen molar-refractivity contribution < 1.29 is 17.2 Å². The standard InChI is InChI=1S/C25H31F2N5O2S/c1-17(2)30-10-12-31(13-11-30)21-7-5-6-19(14-21)23-15-32(29-28-23)25-22(26)9-8-20(24(25)27)16-35(33,34)18(3)4/h5-9,14-15,17-18H,10-13,16H2,1-4H3. The number of benzene rings is 2. The average molecular weight is 504 g/mol. The molecule has 7 nitrogen and oxygen atoms in total. The fraction of sp³-hybridized carbons (Fsp3) is 0.440. The Morgan fingerprint density at radius 2 is 1.71 bits per heavy atom. The van der Waals surface area contributed by atoms with Crippen molar-refractivity contribution in [1.29, 1.82) is 0 Å². The first-order valence-electron chi connectivity index (χ1n) is 11.8. The highest BCUT2D eigenvalue weighted by Crippen LogP contribution is 2.27. The summed E-state index contributed by atoms with van der Waals surface area (Å²) in [5.74, 6) is -2.32. The SMILES string of the molecule is CC(C)N1CCN(c2cccc(-c3cn(-c4c(F)ccc(CS(=O)(=O)C(C)C)c4F)nn3)c2)CC1. The summed E-state index contributed by atoms with van der Waals surface area (Å²) in [4.78, 5) is 4.75. The number of sulfone groups is 1. The van der Waals surface area contributed by atoms with Crippen LogP contribution < -0.4 is 4.90 Å². The van der Waals surface area contributed by atoms with E-state index in [0.717, 1.165) is 54.2 Å². The number of hydrogen-bond acceptors (Lipinski definition) is 6. The Morgan fingerprint density at radius 1 is 1.00 bits per heavy atom. The average Bonchev–Trinajstić information content (AvgIpc) is 3.31. The van der Waals surface area contributed by atoms with Gasteiger partial charge in [-0.1, -0.05) is 23.4 Å². The Hall–Kier alpha value is -2.85. The van der Waals surface area contributed by atoms with Gasteiger partial charge in [-0.15, -0.1) is 5.10 Å². The molecule has 0 N–H and O–H groups in total. The van der Waals surface area contributed by atoms with Crippen LogP contribution in [0.3, 0.4) is 0 Å². The highest BCUT2D eigenvalue weighted by Gasteiger charge is 2.24. The first kappa shape index (κ1) is 25.2. The van der Waals surface area contributed by atoms with Gasteiger partial charge in [0.15, 0.2) is 21.5 Å². The molecule has 188 valence electrons. The zero-order valence-electron chi connectivity index (χ0n) is 20.4. The molecule has 2 heterocycles. The highest BCUT2D eigenvalue weighted by molar-refractivity contribution is 7.91. The minimum absolute atomic E-state index is 0.102. The molecule has 3 aromatic rings. The maximum absolute atomic E-state index is 15.2. The van der Waals surface area contributed by atoms with E-state index in [1.165, 1.54) is 20.0 Å². The Balaban J connectivity index is 1.60. The van der Waals surface area contributed by atoms with E-state index < -0.39 is 38.2 Å². The molecule has 0 amide bonds. The van der Waals surface area contributed by atoms with Crippen molar-refractivity contribution in [3.63, 3.8) is 0 Å². The molecular weight excluding hydrogens is 472 g/mol. The van der Waals surface area contributed by atoms with Crippen molar-refractivity contribution in [1.82, 2.24) is 19.9 Å². The van der Waals surface area contributed by atoms with Gasteiger partial charge in [0.25, 0.3) is 0 Å².